The number of carboxylic acids is 1. The lowest BCUT2D eigenvalue weighted by molar-refractivity contribution is -0.136. The summed E-state index contributed by atoms with van der Waals surface area (Å²) in [4.78, 5) is 20.9. The Balaban J connectivity index is 4.66. The van der Waals surface area contributed by atoms with Gasteiger partial charge in [-0.1, -0.05) is 6.92 Å². The van der Waals surface area contributed by atoms with Gasteiger partial charge < -0.3 is 10.2 Å². The predicted octanol–water partition coefficient (Wildman–Crippen LogP) is 0.882. The van der Waals surface area contributed by atoms with E-state index in [1.165, 1.54) is 6.92 Å². The molecule has 0 bridgehead atoms. The zero-order valence-corrected chi connectivity index (χ0v) is 6.42. The highest BCUT2D eigenvalue weighted by molar-refractivity contribution is 6.01. The van der Waals surface area contributed by atoms with Gasteiger partial charge in [0, 0.05) is 12.0 Å². The second-order valence-corrected chi connectivity index (χ2v) is 2.06. The number of hydrogen-bond acceptors (Lipinski definition) is 3. The molecule has 0 atom stereocenters. The van der Waals surface area contributed by atoms with E-state index in [1.54, 1.807) is 6.92 Å². The number of carbonyl (C=O) groups is 2. The Hall–Kier alpha value is -1.32. The largest absolute Gasteiger partial charge is 0.502 e. The lowest BCUT2D eigenvalue weighted by Gasteiger charge is -1.97. The fourth-order valence-corrected chi connectivity index (χ4v) is 0.558. The van der Waals surface area contributed by atoms with Crippen molar-refractivity contribution in [1.29, 1.82) is 0 Å². The van der Waals surface area contributed by atoms with Gasteiger partial charge in [0.05, 0.1) is 0 Å². The molecule has 0 saturated carbocycles. The van der Waals surface area contributed by atoms with Crippen LogP contribution in [-0.2, 0) is 9.59 Å². The van der Waals surface area contributed by atoms with E-state index >= 15 is 0 Å². The van der Waals surface area contributed by atoms with E-state index in [0.717, 1.165) is 0 Å². The van der Waals surface area contributed by atoms with Crippen LogP contribution in [0.3, 0.4) is 0 Å². The molecule has 0 rings (SSSR count). The van der Waals surface area contributed by atoms with E-state index in [4.69, 9.17) is 10.2 Å². The van der Waals surface area contributed by atoms with Gasteiger partial charge in [-0.2, -0.15) is 0 Å². The van der Waals surface area contributed by atoms with Crippen LogP contribution in [-0.4, -0.2) is 22.0 Å². The molecule has 0 aliphatic heterocycles. The summed E-state index contributed by atoms with van der Waals surface area (Å²) in [6.45, 7) is 2.89. The Morgan fingerprint density at radius 2 is 1.73 bits per heavy atom. The summed E-state index contributed by atoms with van der Waals surface area (Å²) in [6.07, 6.45) is 0.198. The number of aliphatic hydroxyl groups is 1. The van der Waals surface area contributed by atoms with E-state index in [0.29, 0.717) is 0 Å². The molecule has 0 aliphatic rings. The van der Waals surface area contributed by atoms with Gasteiger partial charge in [0.25, 0.3) is 0 Å². The second kappa shape index (κ2) is 3.75. The van der Waals surface area contributed by atoms with Crippen LogP contribution in [0.15, 0.2) is 11.3 Å². The Morgan fingerprint density at radius 1 is 1.27 bits per heavy atom. The zero-order chi connectivity index (χ0) is 9.02. The number of ketones is 1. The van der Waals surface area contributed by atoms with Crippen LogP contribution in [0.1, 0.15) is 20.3 Å². The van der Waals surface area contributed by atoms with Crippen LogP contribution in [0.2, 0.25) is 0 Å². The van der Waals surface area contributed by atoms with Gasteiger partial charge in [-0.25, -0.2) is 4.79 Å². The topological polar surface area (TPSA) is 74.6 Å². The minimum atomic E-state index is -1.47. The molecule has 62 valence electrons. The number of rotatable bonds is 3. The standard InChI is InChI=1S/C7H10O4/c1-3-5(8)4(2)6(9)7(10)11/h9H,3H2,1-2H3,(H,10,11). The van der Waals surface area contributed by atoms with Crippen LogP contribution in [0, 0.1) is 0 Å². The number of Topliss-reactive ketones (excluding diaryl/α,β-unsaturated/α-hetero) is 1. The van der Waals surface area contributed by atoms with E-state index in [9.17, 15) is 9.59 Å². The lowest BCUT2D eigenvalue weighted by atomic mass is 10.1. The maximum atomic E-state index is 10.8. The molecule has 11 heavy (non-hydrogen) atoms. The highest BCUT2D eigenvalue weighted by atomic mass is 16.4. The second-order valence-electron chi connectivity index (χ2n) is 2.06. The third kappa shape index (κ3) is 2.41. The molecule has 0 aromatic heterocycles. The van der Waals surface area contributed by atoms with Gasteiger partial charge in [-0.3, -0.25) is 4.79 Å². The Bertz CT molecular complexity index is 214. The van der Waals surface area contributed by atoms with Crippen molar-refractivity contribution in [3.8, 4) is 0 Å². The molecule has 0 amide bonds. The van der Waals surface area contributed by atoms with Crippen LogP contribution < -0.4 is 0 Å². The number of hydrogen-bond donors (Lipinski definition) is 2. The summed E-state index contributed by atoms with van der Waals surface area (Å²) in [7, 11) is 0. The molecule has 0 heterocycles. The first-order valence-corrected chi connectivity index (χ1v) is 3.17. The van der Waals surface area contributed by atoms with Crippen LogP contribution in [0.25, 0.3) is 0 Å². The molecule has 0 fully saturated rings. The van der Waals surface area contributed by atoms with Crippen molar-refractivity contribution in [2.24, 2.45) is 0 Å². The van der Waals surface area contributed by atoms with Gasteiger partial charge in [0.15, 0.2) is 5.78 Å². The highest BCUT2D eigenvalue weighted by Crippen LogP contribution is 2.03. The van der Waals surface area contributed by atoms with E-state index in [2.05, 4.69) is 0 Å². The summed E-state index contributed by atoms with van der Waals surface area (Å²) >= 11 is 0. The zero-order valence-electron chi connectivity index (χ0n) is 6.42. The smallest absolute Gasteiger partial charge is 0.371 e. The first-order chi connectivity index (χ1) is 5.00. The van der Waals surface area contributed by atoms with Crippen molar-refractivity contribution in [2.75, 3.05) is 0 Å². The van der Waals surface area contributed by atoms with Gasteiger partial charge in [-0.05, 0) is 6.92 Å². The molecule has 4 heteroatoms. The average Bonchev–Trinajstić information content (AvgIpc) is 2.00. The number of aliphatic carboxylic acids is 1. The fraction of sp³-hybridized carbons (Fsp3) is 0.429. The van der Waals surface area contributed by atoms with Gasteiger partial charge in [-0.15, -0.1) is 0 Å². The van der Waals surface area contributed by atoms with Gasteiger partial charge >= 0.3 is 5.97 Å². The molecule has 0 aromatic rings. The molecular weight excluding hydrogens is 148 g/mol. The SMILES string of the molecule is CCC(=O)C(C)=C(O)C(=O)O. The molecule has 0 saturated heterocycles. The normalized spacial score (nSPS) is 12.2. The van der Waals surface area contributed by atoms with Crippen molar-refractivity contribution in [3.63, 3.8) is 0 Å². The van der Waals surface area contributed by atoms with E-state index < -0.39 is 11.7 Å². The quantitative estimate of drug-likeness (QED) is 0.472. The van der Waals surface area contributed by atoms with Crippen LogP contribution in [0.4, 0.5) is 0 Å². The van der Waals surface area contributed by atoms with E-state index in [-0.39, 0.29) is 17.8 Å². The molecule has 0 unspecified atom stereocenters. The molecule has 0 spiro atoms. The summed E-state index contributed by atoms with van der Waals surface area (Å²) in [6, 6.07) is 0. The predicted molar refractivity (Wildman–Crippen MR) is 38.3 cm³/mol. The summed E-state index contributed by atoms with van der Waals surface area (Å²) < 4.78 is 0. The van der Waals surface area contributed by atoms with Crippen LogP contribution >= 0.6 is 0 Å². The third-order valence-corrected chi connectivity index (χ3v) is 1.30. The Kier molecular flexibility index (Phi) is 3.30. The van der Waals surface area contributed by atoms with Crippen molar-refractivity contribution in [1.82, 2.24) is 0 Å². The van der Waals surface area contributed by atoms with Gasteiger partial charge in [0.2, 0.25) is 5.76 Å². The first-order valence-electron chi connectivity index (χ1n) is 3.17. The number of allylic oxidation sites excluding steroid dienone is 1. The summed E-state index contributed by atoms with van der Waals surface area (Å²) in [5.41, 5.74) is -0.0972. The van der Waals surface area contributed by atoms with Crippen molar-refractivity contribution >= 4 is 11.8 Å². The van der Waals surface area contributed by atoms with Gasteiger partial charge in [0.1, 0.15) is 0 Å². The molecule has 0 radical (unpaired) electrons. The molecule has 0 aliphatic carbocycles. The Labute approximate surface area is 64.2 Å². The summed E-state index contributed by atoms with van der Waals surface area (Å²) in [5.74, 6) is -2.69. The number of carboxylic acid groups (broad SMARTS) is 1. The maximum Gasteiger partial charge on any atom is 0.371 e. The van der Waals surface area contributed by atoms with Crippen molar-refractivity contribution in [3.05, 3.63) is 11.3 Å². The van der Waals surface area contributed by atoms with E-state index in [1.807, 2.05) is 0 Å². The average molecular weight is 158 g/mol. The van der Waals surface area contributed by atoms with Crippen molar-refractivity contribution in [2.45, 2.75) is 20.3 Å². The minimum absolute atomic E-state index is 0.0972. The monoisotopic (exact) mass is 158 g/mol. The third-order valence-electron chi connectivity index (χ3n) is 1.30. The maximum absolute atomic E-state index is 10.8. The molecular formula is C7H10O4. The molecule has 0 aromatic carbocycles. The Morgan fingerprint density at radius 3 is 2.00 bits per heavy atom. The fourth-order valence-electron chi connectivity index (χ4n) is 0.558. The first kappa shape index (κ1) is 9.68. The summed E-state index contributed by atoms with van der Waals surface area (Å²) in [5, 5.41) is 17.0. The van der Waals surface area contributed by atoms with Crippen LogP contribution in [0.5, 0.6) is 0 Å². The number of carbonyl (C=O) groups excluding carboxylic acids is 1. The highest BCUT2D eigenvalue weighted by Gasteiger charge is 2.13. The number of aliphatic hydroxyl groups excluding tert-OH is 1. The molecule has 2 N–H and O–H groups in total. The lowest BCUT2D eigenvalue weighted by Crippen LogP contribution is -2.08. The molecule has 4 nitrogen and oxygen atoms in total. The van der Waals surface area contributed by atoms with Crippen molar-refractivity contribution < 1.29 is 19.8 Å². The minimum Gasteiger partial charge on any atom is -0.502 e.